The van der Waals surface area contributed by atoms with Crippen molar-refractivity contribution < 1.29 is 26.3 Å². The van der Waals surface area contributed by atoms with E-state index in [1.165, 1.54) is 0 Å². The minimum Gasteiger partial charge on any atom is -0.166 e. The second-order valence-corrected chi connectivity index (χ2v) is 7.77. The van der Waals surface area contributed by atoms with E-state index in [2.05, 4.69) is 0 Å². The zero-order valence-corrected chi connectivity index (χ0v) is 16.4. The van der Waals surface area contributed by atoms with Crippen LogP contribution < -0.4 is 0 Å². The van der Waals surface area contributed by atoms with E-state index in [9.17, 15) is 26.3 Å². The van der Waals surface area contributed by atoms with Crippen molar-refractivity contribution in [3.8, 4) is 11.1 Å². The number of aryl methyl sites for hydroxylation is 1. The van der Waals surface area contributed by atoms with Gasteiger partial charge in [-0.15, -0.1) is 0 Å². The Morgan fingerprint density at radius 3 is 1.97 bits per heavy atom. The Morgan fingerprint density at radius 2 is 1.48 bits per heavy atom. The Hall–Kier alpha value is -2.24. The highest BCUT2D eigenvalue weighted by Crippen LogP contribution is 2.43. The lowest BCUT2D eigenvalue weighted by atomic mass is 9.88. The molecule has 1 aliphatic carbocycles. The molecule has 0 bridgehead atoms. The summed E-state index contributed by atoms with van der Waals surface area (Å²) in [6.45, 7) is 5.98. The van der Waals surface area contributed by atoms with Crippen molar-refractivity contribution in [2.24, 2.45) is 5.92 Å². The van der Waals surface area contributed by atoms with Gasteiger partial charge < -0.3 is 0 Å². The predicted octanol–water partition coefficient (Wildman–Crippen LogP) is 7.94. The molecule has 0 fully saturated rings. The summed E-state index contributed by atoms with van der Waals surface area (Å²) in [7, 11) is 0. The molecular formula is C23H22F6. The number of halogens is 6. The zero-order valence-electron chi connectivity index (χ0n) is 16.4. The van der Waals surface area contributed by atoms with E-state index < -0.39 is 23.5 Å². The van der Waals surface area contributed by atoms with Crippen LogP contribution in [0.3, 0.4) is 0 Å². The van der Waals surface area contributed by atoms with Gasteiger partial charge in [0.05, 0.1) is 11.1 Å². The minimum absolute atomic E-state index is 0.0336. The summed E-state index contributed by atoms with van der Waals surface area (Å²) in [5.74, 6) is 0.247. The van der Waals surface area contributed by atoms with Crippen molar-refractivity contribution in [2.75, 3.05) is 0 Å². The van der Waals surface area contributed by atoms with Gasteiger partial charge in [-0.2, -0.15) is 26.3 Å². The summed E-state index contributed by atoms with van der Waals surface area (Å²) < 4.78 is 80.2. The molecule has 0 unspecified atom stereocenters. The molecule has 0 saturated heterocycles. The van der Waals surface area contributed by atoms with Gasteiger partial charge in [0.15, 0.2) is 0 Å². The second-order valence-electron chi connectivity index (χ2n) is 7.77. The van der Waals surface area contributed by atoms with Crippen molar-refractivity contribution in [3.05, 3.63) is 63.7 Å². The molecule has 156 valence electrons. The van der Waals surface area contributed by atoms with E-state index in [0.29, 0.717) is 18.4 Å². The molecule has 0 spiro atoms. The van der Waals surface area contributed by atoms with Crippen LogP contribution in [0, 0.1) is 5.92 Å². The molecule has 0 amide bonds. The van der Waals surface area contributed by atoms with E-state index in [-0.39, 0.29) is 17.5 Å². The highest BCUT2D eigenvalue weighted by atomic mass is 19.4. The van der Waals surface area contributed by atoms with Crippen LogP contribution in [0.4, 0.5) is 26.3 Å². The molecule has 3 rings (SSSR count). The third-order valence-corrected chi connectivity index (χ3v) is 5.28. The first-order valence-electron chi connectivity index (χ1n) is 9.57. The Balaban J connectivity index is 2.32. The fourth-order valence-electron chi connectivity index (χ4n) is 3.77. The molecule has 0 heterocycles. The zero-order chi connectivity index (χ0) is 21.6. The van der Waals surface area contributed by atoms with Gasteiger partial charge in [-0.05, 0) is 64.8 Å². The van der Waals surface area contributed by atoms with Crippen molar-refractivity contribution in [1.82, 2.24) is 0 Å². The lowest BCUT2D eigenvalue weighted by molar-refractivity contribution is -0.143. The summed E-state index contributed by atoms with van der Waals surface area (Å²) >= 11 is 0. The first kappa shape index (κ1) is 21.5. The number of fused-ring (bicyclic) bond motifs is 1. The monoisotopic (exact) mass is 412 g/mol. The smallest absolute Gasteiger partial charge is 0.166 e. The molecule has 2 aromatic carbocycles. The van der Waals surface area contributed by atoms with Crippen LogP contribution in [0.25, 0.3) is 17.2 Å². The molecule has 2 aromatic rings. The molecule has 0 saturated carbocycles. The van der Waals surface area contributed by atoms with Crippen LogP contribution in [-0.4, -0.2) is 0 Å². The molecule has 0 N–H and O–H groups in total. The SMILES string of the molecule is CCCc1ccc2c(c1-c1cc(C(F)(F)F)cc(C(F)(F)F)c1)C=C(C(C)C)C2. The fraction of sp³-hybridized carbons (Fsp3) is 0.391. The third kappa shape index (κ3) is 4.36. The Morgan fingerprint density at radius 1 is 0.897 bits per heavy atom. The molecule has 6 heteroatoms. The van der Waals surface area contributed by atoms with E-state index in [1.807, 2.05) is 39.0 Å². The average molecular weight is 412 g/mol. The van der Waals surface area contributed by atoms with Crippen LogP contribution in [-0.2, 0) is 25.2 Å². The minimum atomic E-state index is -4.86. The van der Waals surface area contributed by atoms with Crippen LogP contribution in [0.1, 0.15) is 55.0 Å². The summed E-state index contributed by atoms with van der Waals surface area (Å²) in [4.78, 5) is 0. The van der Waals surface area contributed by atoms with Crippen molar-refractivity contribution in [2.45, 2.75) is 52.4 Å². The topological polar surface area (TPSA) is 0 Å². The lowest BCUT2D eigenvalue weighted by Crippen LogP contribution is -2.11. The number of alkyl halides is 6. The second kappa shape index (κ2) is 7.54. The van der Waals surface area contributed by atoms with Gasteiger partial charge in [-0.25, -0.2) is 0 Å². The maximum Gasteiger partial charge on any atom is 0.416 e. The van der Waals surface area contributed by atoms with Gasteiger partial charge in [0.25, 0.3) is 0 Å². The van der Waals surface area contributed by atoms with Gasteiger partial charge in [0, 0.05) is 0 Å². The summed E-state index contributed by atoms with van der Waals surface area (Å²) in [6, 6.07) is 5.63. The van der Waals surface area contributed by atoms with E-state index in [0.717, 1.165) is 40.8 Å². The Bertz CT molecular complexity index is 913. The van der Waals surface area contributed by atoms with Crippen LogP contribution in [0.2, 0.25) is 0 Å². The quantitative estimate of drug-likeness (QED) is 0.447. The summed E-state index contributed by atoms with van der Waals surface area (Å²) in [5, 5.41) is 0. The standard InChI is InChI=1S/C23H22F6/c1-4-5-14-6-7-15-8-16(13(2)3)11-20(15)21(14)17-9-18(22(24,25)26)12-19(10-17)23(27,28)29/h6-7,9-13H,4-5,8H2,1-3H3. The molecule has 0 aliphatic heterocycles. The molecular weight excluding hydrogens is 390 g/mol. The van der Waals surface area contributed by atoms with Crippen molar-refractivity contribution in [3.63, 3.8) is 0 Å². The van der Waals surface area contributed by atoms with Crippen molar-refractivity contribution >= 4 is 6.08 Å². The predicted molar refractivity (Wildman–Crippen MR) is 102 cm³/mol. The van der Waals surface area contributed by atoms with Crippen LogP contribution in [0.15, 0.2) is 35.9 Å². The maximum absolute atomic E-state index is 13.4. The van der Waals surface area contributed by atoms with Gasteiger partial charge in [-0.3, -0.25) is 0 Å². The maximum atomic E-state index is 13.4. The Labute approximate surface area is 166 Å². The van der Waals surface area contributed by atoms with Crippen molar-refractivity contribution in [1.29, 1.82) is 0 Å². The first-order valence-corrected chi connectivity index (χ1v) is 9.57. The number of benzene rings is 2. The molecule has 0 radical (unpaired) electrons. The number of hydrogen-bond acceptors (Lipinski definition) is 0. The van der Waals surface area contributed by atoms with Crippen LogP contribution in [0.5, 0.6) is 0 Å². The van der Waals surface area contributed by atoms with E-state index in [1.54, 1.807) is 0 Å². The van der Waals surface area contributed by atoms with Gasteiger partial charge >= 0.3 is 12.4 Å². The highest BCUT2D eigenvalue weighted by molar-refractivity contribution is 5.84. The normalized spacial score (nSPS) is 14.3. The molecule has 1 aliphatic rings. The molecule has 0 atom stereocenters. The molecule has 0 aromatic heterocycles. The lowest BCUT2D eigenvalue weighted by Gasteiger charge is -2.18. The fourth-order valence-corrected chi connectivity index (χ4v) is 3.77. The number of hydrogen-bond donors (Lipinski definition) is 0. The van der Waals surface area contributed by atoms with Gasteiger partial charge in [0.2, 0.25) is 0 Å². The van der Waals surface area contributed by atoms with Gasteiger partial charge in [0.1, 0.15) is 0 Å². The van der Waals surface area contributed by atoms with E-state index >= 15 is 0 Å². The highest BCUT2D eigenvalue weighted by Gasteiger charge is 2.37. The number of allylic oxidation sites excluding steroid dienone is 1. The Kier molecular flexibility index (Phi) is 5.58. The molecule has 0 nitrogen and oxygen atoms in total. The molecule has 29 heavy (non-hydrogen) atoms. The summed E-state index contributed by atoms with van der Waals surface area (Å²) in [5.41, 5.74) is 1.45. The largest absolute Gasteiger partial charge is 0.416 e. The average Bonchev–Trinajstić information content (AvgIpc) is 3.04. The van der Waals surface area contributed by atoms with Gasteiger partial charge in [-0.1, -0.05) is 51.0 Å². The number of rotatable bonds is 4. The van der Waals surface area contributed by atoms with E-state index in [4.69, 9.17) is 0 Å². The summed E-state index contributed by atoms with van der Waals surface area (Å²) in [6.07, 6.45) is -5.82. The third-order valence-electron chi connectivity index (χ3n) is 5.28. The first-order chi connectivity index (χ1) is 13.4. The van der Waals surface area contributed by atoms with Crippen LogP contribution >= 0.6 is 0 Å².